The van der Waals surface area contributed by atoms with Gasteiger partial charge in [-0.1, -0.05) is 6.07 Å². The SMILES string of the molecule is COc1cccc(N)c1C(=O)Nc1nc(C)ns1. The van der Waals surface area contributed by atoms with Crippen molar-refractivity contribution >= 4 is 28.3 Å². The van der Waals surface area contributed by atoms with Crippen LogP contribution in [0.25, 0.3) is 0 Å². The van der Waals surface area contributed by atoms with E-state index in [-0.39, 0.29) is 5.91 Å². The number of carbonyl (C=O) groups is 1. The molecule has 0 saturated carbocycles. The monoisotopic (exact) mass is 264 g/mol. The molecule has 1 amide bonds. The smallest absolute Gasteiger partial charge is 0.263 e. The number of hydrogen-bond donors (Lipinski definition) is 2. The van der Waals surface area contributed by atoms with Crippen LogP contribution < -0.4 is 15.8 Å². The molecule has 0 spiro atoms. The normalized spacial score (nSPS) is 10.1. The molecule has 1 aromatic carbocycles. The predicted molar refractivity (Wildman–Crippen MR) is 70.0 cm³/mol. The fraction of sp³-hybridized carbons (Fsp3) is 0.182. The maximum Gasteiger partial charge on any atom is 0.263 e. The maximum atomic E-state index is 12.1. The van der Waals surface area contributed by atoms with E-state index in [1.807, 2.05) is 0 Å². The van der Waals surface area contributed by atoms with Gasteiger partial charge in [-0.05, 0) is 19.1 Å². The summed E-state index contributed by atoms with van der Waals surface area (Å²) in [5.74, 6) is 0.679. The lowest BCUT2D eigenvalue weighted by Crippen LogP contribution is -2.15. The van der Waals surface area contributed by atoms with Crippen LogP contribution in [0.5, 0.6) is 5.75 Å². The van der Waals surface area contributed by atoms with Crippen LogP contribution in [-0.2, 0) is 0 Å². The predicted octanol–water partition coefficient (Wildman–Crippen LogP) is 1.69. The van der Waals surface area contributed by atoms with E-state index in [0.717, 1.165) is 11.5 Å². The lowest BCUT2D eigenvalue weighted by Gasteiger charge is -2.09. The highest BCUT2D eigenvalue weighted by molar-refractivity contribution is 7.09. The molecule has 2 aromatic rings. The molecule has 2 rings (SSSR count). The molecule has 18 heavy (non-hydrogen) atoms. The van der Waals surface area contributed by atoms with Crippen LogP contribution >= 0.6 is 11.5 Å². The number of nitrogen functional groups attached to an aromatic ring is 1. The Labute approximate surface area is 108 Å². The molecule has 1 heterocycles. The summed E-state index contributed by atoms with van der Waals surface area (Å²) in [6, 6.07) is 5.04. The van der Waals surface area contributed by atoms with Gasteiger partial charge in [-0.3, -0.25) is 10.1 Å². The molecule has 0 saturated heterocycles. The van der Waals surface area contributed by atoms with Crippen molar-refractivity contribution in [2.75, 3.05) is 18.2 Å². The van der Waals surface area contributed by atoms with Crippen LogP contribution in [-0.4, -0.2) is 22.4 Å². The minimum atomic E-state index is -0.360. The molecule has 0 atom stereocenters. The third kappa shape index (κ3) is 2.40. The van der Waals surface area contributed by atoms with Gasteiger partial charge in [-0.2, -0.15) is 4.37 Å². The first-order chi connectivity index (χ1) is 8.61. The number of aromatic nitrogens is 2. The maximum absolute atomic E-state index is 12.1. The van der Waals surface area contributed by atoms with E-state index in [1.165, 1.54) is 7.11 Å². The van der Waals surface area contributed by atoms with Crippen molar-refractivity contribution in [3.8, 4) is 5.75 Å². The fourth-order valence-electron chi connectivity index (χ4n) is 1.47. The van der Waals surface area contributed by atoms with Crippen LogP contribution in [0.1, 0.15) is 16.2 Å². The van der Waals surface area contributed by atoms with Crippen molar-refractivity contribution < 1.29 is 9.53 Å². The first-order valence-electron chi connectivity index (χ1n) is 5.16. The molecule has 0 aliphatic carbocycles. The summed E-state index contributed by atoms with van der Waals surface area (Å²) >= 11 is 1.12. The van der Waals surface area contributed by atoms with Gasteiger partial charge in [0.2, 0.25) is 5.13 Å². The zero-order valence-electron chi connectivity index (χ0n) is 9.93. The fourth-order valence-corrected chi connectivity index (χ4v) is 2.04. The highest BCUT2D eigenvalue weighted by Crippen LogP contribution is 2.25. The van der Waals surface area contributed by atoms with Gasteiger partial charge in [0, 0.05) is 17.2 Å². The number of aryl methyl sites for hydroxylation is 1. The quantitative estimate of drug-likeness (QED) is 0.823. The van der Waals surface area contributed by atoms with E-state index >= 15 is 0 Å². The van der Waals surface area contributed by atoms with Gasteiger partial charge in [-0.25, -0.2) is 4.98 Å². The summed E-state index contributed by atoms with van der Waals surface area (Å²) in [6.07, 6.45) is 0. The molecule has 1 aromatic heterocycles. The Bertz CT molecular complexity index is 582. The Morgan fingerprint density at radius 2 is 2.28 bits per heavy atom. The largest absolute Gasteiger partial charge is 0.496 e. The van der Waals surface area contributed by atoms with Gasteiger partial charge in [0.15, 0.2) is 0 Å². The van der Waals surface area contributed by atoms with Crippen LogP contribution in [0.2, 0.25) is 0 Å². The second-order valence-electron chi connectivity index (χ2n) is 3.53. The number of carbonyl (C=O) groups excluding carboxylic acids is 1. The number of nitrogens with one attached hydrogen (secondary N) is 1. The Morgan fingerprint density at radius 1 is 1.50 bits per heavy atom. The Balaban J connectivity index is 2.28. The van der Waals surface area contributed by atoms with Gasteiger partial charge < -0.3 is 10.5 Å². The molecule has 0 radical (unpaired) electrons. The van der Waals surface area contributed by atoms with Gasteiger partial charge in [0.1, 0.15) is 17.1 Å². The van der Waals surface area contributed by atoms with E-state index in [4.69, 9.17) is 10.5 Å². The zero-order chi connectivity index (χ0) is 13.1. The Morgan fingerprint density at radius 3 is 2.89 bits per heavy atom. The summed E-state index contributed by atoms with van der Waals surface area (Å²) in [5, 5.41) is 3.07. The topological polar surface area (TPSA) is 90.1 Å². The summed E-state index contributed by atoms with van der Waals surface area (Å²) in [7, 11) is 1.49. The van der Waals surface area contributed by atoms with Crippen molar-refractivity contribution in [2.24, 2.45) is 0 Å². The Kier molecular flexibility index (Phi) is 3.42. The first kappa shape index (κ1) is 12.3. The van der Waals surface area contributed by atoms with Gasteiger partial charge >= 0.3 is 0 Å². The molecule has 0 aliphatic heterocycles. The molecule has 3 N–H and O–H groups in total. The van der Waals surface area contributed by atoms with Crippen LogP contribution in [0.4, 0.5) is 10.8 Å². The van der Waals surface area contributed by atoms with Crippen molar-refractivity contribution in [3.63, 3.8) is 0 Å². The average molecular weight is 264 g/mol. The van der Waals surface area contributed by atoms with Crippen LogP contribution in [0.3, 0.4) is 0 Å². The third-order valence-corrected chi connectivity index (χ3v) is 2.98. The van der Waals surface area contributed by atoms with E-state index in [1.54, 1.807) is 25.1 Å². The molecule has 7 heteroatoms. The number of rotatable bonds is 3. The zero-order valence-corrected chi connectivity index (χ0v) is 10.7. The van der Waals surface area contributed by atoms with E-state index in [0.29, 0.717) is 28.0 Å². The summed E-state index contributed by atoms with van der Waals surface area (Å²) in [4.78, 5) is 16.1. The molecular formula is C11H12N4O2S. The minimum Gasteiger partial charge on any atom is -0.496 e. The number of nitrogens with two attached hydrogens (primary N) is 1. The molecule has 94 valence electrons. The number of methoxy groups -OCH3 is 1. The summed E-state index contributed by atoms with van der Waals surface area (Å²) in [6.45, 7) is 1.75. The second kappa shape index (κ2) is 5.01. The molecule has 0 unspecified atom stereocenters. The highest BCUT2D eigenvalue weighted by Gasteiger charge is 2.17. The number of anilines is 2. The second-order valence-corrected chi connectivity index (χ2v) is 4.28. The molecule has 0 aliphatic rings. The standard InChI is InChI=1S/C11H12N4O2S/c1-6-13-11(18-15-6)14-10(16)9-7(12)4-3-5-8(9)17-2/h3-5H,12H2,1-2H3,(H,13,14,15,16). The van der Waals surface area contributed by atoms with Crippen molar-refractivity contribution in [3.05, 3.63) is 29.6 Å². The number of ether oxygens (including phenoxy) is 1. The van der Waals surface area contributed by atoms with Gasteiger partial charge in [-0.15, -0.1) is 0 Å². The lowest BCUT2D eigenvalue weighted by molar-refractivity contribution is 0.102. The number of benzene rings is 1. The van der Waals surface area contributed by atoms with Gasteiger partial charge in [0.05, 0.1) is 7.11 Å². The average Bonchev–Trinajstić information content (AvgIpc) is 2.74. The summed E-state index contributed by atoms with van der Waals surface area (Å²) < 4.78 is 9.10. The van der Waals surface area contributed by atoms with E-state index in [2.05, 4.69) is 14.7 Å². The molecule has 0 fully saturated rings. The van der Waals surface area contributed by atoms with Crippen molar-refractivity contribution in [1.82, 2.24) is 9.36 Å². The van der Waals surface area contributed by atoms with Crippen molar-refractivity contribution in [1.29, 1.82) is 0 Å². The number of amides is 1. The van der Waals surface area contributed by atoms with E-state index in [9.17, 15) is 4.79 Å². The summed E-state index contributed by atoms with van der Waals surface area (Å²) in [5.41, 5.74) is 6.44. The molecule has 0 bridgehead atoms. The first-order valence-corrected chi connectivity index (χ1v) is 5.93. The van der Waals surface area contributed by atoms with Gasteiger partial charge in [0.25, 0.3) is 5.91 Å². The van der Waals surface area contributed by atoms with Crippen LogP contribution in [0, 0.1) is 6.92 Å². The number of hydrogen-bond acceptors (Lipinski definition) is 6. The Hall–Kier alpha value is -2.15. The van der Waals surface area contributed by atoms with E-state index < -0.39 is 0 Å². The third-order valence-electron chi connectivity index (χ3n) is 2.25. The highest BCUT2D eigenvalue weighted by atomic mass is 32.1. The minimum absolute atomic E-state index is 0.299. The lowest BCUT2D eigenvalue weighted by atomic mass is 10.1. The van der Waals surface area contributed by atoms with Crippen molar-refractivity contribution in [2.45, 2.75) is 6.92 Å². The molecular weight excluding hydrogens is 252 g/mol. The number of nitrogens with zero attached hydrogens (tertiary/aromatic N) is 2. The van der Waals surface area contributed by atoms with Crippen LogP contribution in [0.15, 0.2) is 18.2 Å². The molecule has 6 nitrogen and oxygen atoms in total.